The van der Waals surface area contributed by atoms with Crippen molar-refractivity contribution in [3.8, 4) is 10.7 Å². The molecule has 1 aliphatic carbocycles. The van der Waals surface area contributed by atoms with E-state index >= 15 is 0 Å². The van der Waals surface area contributed by atoms with Crippen molar-refractivity contribution >= 4 is 38.9 Å². The predicted octanol–water partition coefficient (Wildman–Crippen LogP) is 3.79. The van der Waals surface area contributed by atoms with E-state index in [1.54, 1.807) is 0 Å². The van der Waals surface area contributed by atoms with Crippen molar-refractivity contribution in [3.05, 3.63) is 36.5 Å². The largest absolute Gasteiger partial charge is 0.306 e. The quantitative estimate of drug-likeness (QED) is 0.854. The molecule has 0 radical (unpaired) electrons. The summed E-state index contributed by atoms with van der Waals surface area (Å²) in [5, 5.41) is 0. The number of thiophene rings is 1. The van der Waals surface area contributed by atoms with E-state index in [1.165, 1.54) is 11.3 Å². The molecule has 0 unspecified atom stereocenters. The Bertz CT molecular complexity index is 645. The van der Waals surface area contributed by atoms with Crippen molar-refractivity contribution < 1.29 is 0 Å². The number of nitrogens with one attached hydrogen (secondary N) is 1. The van der Waals surface area contributed by atoms with Gasteiger partial charge < -0.3 is 4.98 Å². The third-order valence-electron chi connectivity index (χ3n) is 3.07. The third-order valence-corrected chi connectivity index (χ3v) is 5.55. The number of fused-ring (bicyclic) bond motifs is 1. The highest BCUT2D eigenvalue weighted by Crippen LogP contribution is 2.36. The van der Waals surface area contributed by atoms with E-state index in [9.17, 15) is 4.79 Å². The van der Waals surface area contributed by atoms with Gasteiger partial charge in [-0.3, -0.25) is 4.79 Å². The van der Waals surface area contributed by atoms with Crippen molar-refractivity contribution in [1.29, 1.82) is 0 Å². The Morgan fingerprint density at radius 3 is 2.89 bits per heavy atom. The maximum Gasteiger partial charge on any atom is 0.254 e. The van der Waals surface area contributed by atoms with Crippen LogP contribution in [0, 0.1) is 0 Å². The van der Waals surface area contributed by atoms with Gasteiger partial charge in [-0.1, -0.05) is 11.6 Å². The van der Waals surface area contributed by atoms with Crippen LogP contribution in [0.4, 0.5) is 0 Å². The molecule has 3 nitrogen and oxygen atoms in total. The van der Waals surface area contributed by atoms with E-state index < -0.39 is 0 Å². The van der Waals surface area contributed by atoms with Gasteiger partial charge in [-0.05, 0) is 47.7 Å². The number of aryl methyl sites for hydroxylation is 1. The molecule has 0 saturated carbocycles. The van der Waals surface area contributed by atoms with Gasteiger partial charge in [0, 0.05) is 10.0 Å². The van der Waals surface area contributed by atoms with E-state index in [0.29, 0.717) is 10.2 Å². The molecule has 18 heavy (non-hydrogen) atoms. The number of aromatic nitrogens is 2. The first-order valence-electron chi connectivity index (χ1n) is 5.72. The van der Waals surface area contributed by atoms with E-state index in [2.05, 4.69) is 25.9 Å². The summed E-state index contributed by atoms with van der Waals surface area (Å²) in [5.41, 5.74) is 1.79. The molecule has 3 rings (SSSR count). The maximum atomic E-state index is 12.0. The smallest absolute Gasteiger partial charge is 0.254 e. The van der Waals surface area contributed by atoms with Crippen LogP contribution < -0.4 is 5.56 Å². The molecule has 0 aromatic carbocycles. The first-order chi connectivity index (χ1) is 8.65. The molecule has 94 valence electrons. The molecule has 2 aromatic heterocycles. The van der Waals surface area contributed by atoms with E-state index in [-0.39, 0.29) is 5.56 Å². The summed E-state index contributed by atoms with van der Waals surface area (Å²) in [6.07, 6.45) is 3.92. The van der Waals surface area contributed by atoms with Crippen molar-refractivity contribution in [1.82, 2.24) is 9.97 Å². The number of hydrogen-bond acceptors (Lipinski definition) is 3. The molecule has 0 aliphatic heterocycles. The van der Waals surface area contributed by atoms with Gasteiger partial charge in [-0.25, -0.2) is 4.98 Å². The molecule has 1 N–H and O–H groups in total. The van der Waals surface area contributed by atoms with Crippen LogP contribution in [0.1, 0.15) is 24.1 Å². The maximum absolute atomic E-state index is 12.0. The highest BCUT2D eigenvalue weighted by molar-refractivity contribution is 9.10. The van der Waals surface area contributed by atoms with Crippen LogP contribution in [0.3, 0.4) is 0 Å². The summed E-state index contributed by atoms with van der Waals surface area (Å²) in [6, 6.07) is 1.89. The lowest BCUT2D eigenvalue weighted by atomic mass is 9.97. The average Bonchev–Trinajstić information content (AvgIpc) is 2.70. The van der Waals surface area contributed by atoms with Gasteiger partial charge in [0.1, 0.15) is 4.34 Å². The van der Waals surface area contributed by atoms with Gasteiger partial charge >= 0.3 is 0 Å². The summed E-state index contributed by atoms with van der Waals surface area (Å²) in [7, 11) is 0. The molecule has 6 heteroatoms. The molecule has 2 aromatic rings. The molecule has 0 saturated heterocycles. The van der Waals surface area contributed by atoms with E-state index in [1.807, 2.05) is 6.07 Å². The molecule has 0 spiro atoms. The van der Waals surface area contributed by atoms with Gasteiger partial charge in [0.05, 0.1) is 10.6 Å². The molecular weight excluding hydrogens is 336 g/mol. The number of H-pyrrole nitrogens is 1. The summed E-state index contributed by atoms with van der Waals surface area (Å²) < 4.78 is 1.51. The zero-order chi connectivity index (χ0) is 12.7. The summed E-state index contributed by atoms with van der Waals surface area (Å²) >= 11 is 10.8. The molecule has 0 atom stereocenters. The first-order valence-corrected chi connectivity index (χ1v) is 7.71. The second-order valence-corrected chi connectivity index (χ2v) is 6.79. The van der Waals surface area contributed by atoms with Crippen LogP contribution >= 0.6 is 38.9 Å². The van der Waals surface area contributed by atoms with Crippen LogP contribution in [0.15, 0.2) is 15.3 Å². The second-order valence-electron chi connectivity index (χ2n) is 4.28. The second kappa shape index (κ2) is 4.79. The highest BCUT2D eigenvalue weighted by Gasteiger charge is 2.17. The van der Waals surface area contributed by atoms with Crippen LogP contribution in [0.2, 0.25) is 4.34 Å². The highest BCUT2D eigenvalue weighted by atomic mass is 79.9. The molecule has 0 bridgehead atoms. The standard InChI is InChI=1S/C12H10BrClN2OS/c13-7-5-9(18-10(7)14)11-15-8-4-2-1-3-6(8)12(17)16-11/h5H,1-4H2,(H,15,16,17). The Hall–Kier alpha value is -0.650. The Morgan fingerprint density at radius 1 is 1.39 bits per heavy atom. The Kier molecular flexibility index (Phi) is 3.30. The fourth-order valence-corrected chi connectivity index (χ4v) is 3.83. The topological polar surface area (TPSA) is 45.8 Å². The SMILES string of the molecule is O=c1[nH]c(-c2cc(Br)c(Cl)s2)nc2c1CCCC2. The monoisotopic (exact) mass is 344 g/mol. The number of rotatable bonds is 1. The van der Waals surface area contributed by atoms with Gasteiger partial charge in [0.15, 0.2) is 5.82 Å². The average molecular weight is 346 g/mol. The summed E-state index contributed by atoms with van der Waals surface area (Å²) in [6.45, 7) is 0. The van der Waals surface area contributed by atoms with Crippen molar-refractivity contribution in [2.45, 2.75) is 25.7 Å². The van der Waals surface area contributed by atoms with Gasteiger partial charge in [0.25, 0.3) is 5.56 Å². The molecular formula is C12H10BrClN2OS. The van der Waals surface area contributed by atoms with Crippen LogP contribution in [0.5, 0.6) is 0 Å². The molecule has 2 heterocycles. The van der Waals surface area contributed by atoms with Gasteiger partial charge in [-0.15, -0.1) is 11.3 Å². The lowest BCUT2D eigenvalue weighted by Gasteiger charge is -2.13. The Morgan fingerprint density at radius 2 is 2.17 bits per heavy atom. The van der Waals surface area contributed by atoms with Crippen LogP contribution in [0.25, 0.3) is 10.7 Å². The molecule has 0 fully saturated rings. The minimum absolute atomic E-state index is 0.00431. The van der Waals surface area contributed by atoms with Crippen molar-refractivity contribution in [3.63, 3.8) is 0 Å². The van der Waals surface area contributed by atoms with E-state index in [0.717, 1.165) is 46.3 Å². The van der Waals surface area contributed by atoms with Gasteiger partial charge in [-0.2, -0.15) is 0 Å². The molecule has 1 aliphatic rings. The normalized spacial score (nSPS) is 14.6. The third kappa shape index (κ3) is 2.15. The lowest BCUT2D eigenvalue weighted by Crippen LogP contribution is -2.21. The Balaban J connectivity index is 2.13. The van der Waals surface area contributed by atoms with Crippen LogP contribution in [-0.4, -0.2) is 9.97 Å². The number of hydrogen-bond donors (Lipinski definition) is 1. The zero-order valence-electron chi connectivity index (χ0n) is 9.43. The fourth-order valence-electron chi connectivity index (χ4n) is 2.18. The van der Waals surface area contributed by atoms with Crippen molar-refractivity contribution in [2.75, 3.05) is 0 Å². The minimum Gasteiger partial charge on any atom is -0.306 e. The summed E-state index contributed by atoms with van der Waals surface area (Å²) in [4.78, 5) is 20.3. The lowest BCUT2D eigenvalue weighted by molar-refractivity contribution is 0.658. The van der Waals surface area contributed by atoms with Crippen LogP contribution in [-0.2, 0) is 12.8 Å². The first kappa shape index (κ1) is 12.4. The Labute approximate surface area is 121 Å². The minimum atomic E-state index is -0.00431. The van der Waals surface area contributed by atoms with Crippen molar-refractivity contribution in [2.24, 2.45) is 0 Å². The number of aromatic amines is 1. The molecule has 0 amide bonds. The number of halogens is 2. The fraction of sp³-hybridized carbons (Fsp3) is 0.333. The number of nitrogens with zero attached hydrogens (tertiary/aromatic N) is 1. The van der Waals surface area contributed by atoms with E-state index in [4.69, 9.17) is 11.6 Å². The predicted molar refractivity (Wildman–Crippen MR) is 77.5 cm³/mol. The zero-order valence-corrected chi connectivity index (χ0v) is 12.6. The summed E-state index contributed by atoms with van der Waals surface area (Å²) in [5.74, 6) is 0.623. The van der Waals surface area contributed by atoms with Gasteiger partial charge in [0.2, 0.25) is 0 Å².